The van der Waals surface area contributed by atoms with Crippen LogP contribution in [0.3, 0.4) is 0 Å². The van der Waals surface area contributed by atoms with Gasteiger partial charge >= 0.3 is 11.1 Å². The lowest BCUT2D eigenvalue weighted by atomic mass is 10.1. The smallest absolute Gasteiger partial charge is 0.312 e. The molecule has 1 unspecified atom stereocenters. The maximum Gasteiger partial charge on any atom is 0.316 e. The first-order valence-corrected chi connectivity index (χ1v) is 5.68. The van der Waals surface area contributed by atoms with Crippen LogP contribution in [-0.4, -0.2) is 21.7 Å². The highest BCUT2D eigenvalue weighted by atomic mass is 16.2. The highest BCUT2D eigenvalue weighted by Crippen LogP contribution is 2.07. The lowest BCUT2D eigenvalue weighted by molar-refractivity contribution is 0.358. The molecular weight excluding hydrogens is 206 g/mol. The Morgan fingerprint density at radius 3 is 2.81 bits per heavy atom. The molecule has 2 heterocycles. The van der Waals surface area contributed by atoms with Crippen molar-refractivity contribution in [2.45, 2.75) is 31.8 Å². The summed E-state index contributed by atoms with van der Waals surface area (Å²) in [6.07, 6.45) is 6.77. The first-order chi connectivity index (χ1) is 7.68. The minimum Gasteiger partial charge on any atom is -0.312 e. The number of piperidine rings is 1. The average molecular weight is 223 g/mol. The predicted octanol–water partition coefficient (Wildman–Crippen LogP) is -0.311. The van der Waals surface area contributed by atoms with Crippen molar-refractivity contribution in [2.75, 3.05) is 6.54 Å². The molecule has 1 saturated heterocycles. The molecular formula is C11H17N3O2. The molecule has 1 aromatic rings. The molecule has 16 heavy (non-hydrogen) atoms. The van der Waals surface area contributed by atoms with Crippen LogP contribution in [0.4, 0.5) is 0 Å². The summed E-state index contributed by atoms with van der Waals surface area (Å²) < 4.78 is 2.82. The van der Waals surface area contributed by atoms with E-state index in [1.54, 1.807) is 19.4 Å². The summed E-state index contributed by atoms with van der Waals surface area (Å²) in [5, 5.41) is 3.36. The number of nitrogens with zero attached hydrogens (tertiary/aromatic N) is 2. The van der Waals surface area contributed by atoms with Crippen LogP contribution < -0.4 is 16.4 Å². The molecule has 1 aliphatic rings. The van der Waals surface area contributed by atoms with Gasteiger partial charge in [0.15, 0.2) is 0 Å². The van der Waals surface area contributed by atoms with Gasteiger partial charge in [-0.2, -0.15) is 0 Å². The highest BCUT2D eigenvalue weighted by Gasteiger charge is 2.14. The second kappa shape index (κ2) is 4.65. The fourth-order valence-electron chi connectivity index (χ4n) is 2.05. The Hall–Kier alpha value is -1.36. The maximum atomic E-state index is 11.7. The van der Waals surface area contributed by atoms with E-state index in [1.165, 1.54) is 22.0 Å². The molecule has 1 aliphatic heterocycles. The van der Waals surface area contributed by atoms with Crippen LogP contribution in [0.15, 0.2) is 22.0 Å². The van der Waals surface area contributed by atoms with Gasteiger partial charge in [-0.05, 0) is 19.4 Å². The number of hydrogen-bond acceptors (Lipinski definition) is 3. The normalized spacial score (nSPS) is 20.9. The van der Waals surface area contributed by atoms with Crippen LogP contribution in [0.25, 0.3) is 0 Å². The van der Waals surface area contributed by atoms with E-state index >= 15 is 0 Å². The van der Waals surface area contributed by atoms with Gasteiger partial charge in [0.1, 0.15) is 0 Å². The molecule has 1 aromatic heterocycles. The largest absolute Gasteiger partial charge is 0.316 e. The molecule has 0 spiro atoms. The van der Waals surface area contributed by atoms with Crippen LogP contribution in [0.2, 0.25) is 0 Å². The molecule has 88 valence electrons. The predicted molar refractivity (Wildman–Crippen MR) is 61.6 cm³/mol. The molecule has 2 rings (SSSR count). The SMILES string of the molecule is Cn1ccn(CC2CCCCN2)c(=O)c1=O. The van der Waals surface area contributed by atoms with Crippen molar-refractivity contribution in [3.8, 4) is 0 Å². The number of aromatic nitrogens is 2. The Morgan fingerprint density at radius 2 is 2.12 bits per heavy atom. The van der Waals surface area contributed by atoms with Gasteiger partial charge in [-0.3, -0.25) is 9.59 Å². The number of aryl methyl sites for hydroxylation is 1. The van der Waals surface area contributed by atoms with Crippen molar-refractivity contribution < 1.29 is 0 Å². The Kier molecular flexibility index (Phi) is 3.24. The van der Waals surface area contributed by atoms with Crippen LogP contribution in [-0.2, 0) is 13.6 Å². The van der Waals surface area contributed by atoms with E-state index in [4.69, 9.17) is 0 Å². The molecule has 5 heteroatoms. The molecule has 0 aliphatic carbocycles. The molecule has 0 saturated carbocycles. The Labute approximate surface area is 93.7 Å². The summed E-state index contributed by atoms with van der Waals surface area (Å²) in [5.74, 6) is 0. The summed E-state index contributed by atoms with van der Waals surface area (Å²) in [6.45, 7) is 1.60. The zero-order valence-corrected chi connectivity index (χ0v) is 9.48. The van der Waals surface area contributed by atoms with Crippen LogP contribution in [0, 0.1) is 0 Å². The standard InChI is InChI=1S/C11H17N3O2/c1-13-6-7-14(11(16)10(13)15)8-9-4-2-3-5-12-9/h6-7,9,12H,2-5,8H2,1H3. The molecule has 1 atom stereocenters. The quantitative estimate of drug-likeness (QED) is 0.700. The van der Waals surface area contributed by atoms with E-state index in [1.807, 2.05) is 0 Å². The van der Waals surface area contributed by atoms with Crippen molar-refractivity contribution in [3.05, 3.63) is 33.1 Å². The van der Waals surface area contributed by atoms with Gasteiger partial charge < -0.3 is 14.5 Å². The van der Waals surface area contributed by atoms with Crippen molar-refractivity contribution in [1.29, 1.82) is 0 Å². The van der Waals surface area contributed by atoms with Crippen molar-refractivity contribution in [2.24, 2.45) is 7.05 Å². The van der Waals surface area contributed by atoms with Gasteiger partial charge in [-0.25, -0.2) is 0 Å². The molecule has 0 amide bonds. The lowest BCUT2D eigenvalue weighted by Crippen LogP contribution is -2.44. The number of rotatable bonds is 2. The summed E-state index contributed by atoms with van der Waals surface area (Å²) in [4.78, 5) is 23.1. The van der Waals surface area contributed by atoms with Crippen LogP contribution in [0.1, 0.15) is 19.3 Å². The fourth-order valence-corrected chi connectivity index (χ4v) is 2.05. The van der Waals surface area contributed by atoms with Gasteiger partial charge in [0.25, 0.3) is 0 Å². The molecule has 0 bridgehead atoms. The Morgan fingerprint density at radius 1 is 1.31 bits per heavy atom. The van der Waals surface area contributed by atoms with Gasteiger partial charge in [0.05, 0.1) is 0 Å². The minimum atomic E-state index is -0.460. The highest BCUT2D eigenvalue weighted by molar-refractivity contribution is 4.86. The van der Waals surface area contributed by atoms with E-state index in [-0.39, 0.29) is 0 Å². The van der Waals surface area contributed by atoms with Gasteiger partial charge in [0.2, 0.25) is 0 Å². The fraction of sp³-hybridized carbons (Fsp3) is 0.636. The van der Waals surface area contributed by atoms with Gasteiger partial charge in [-0.15, -0.1) is 0 Å². The minimum absolute atomic E-state index is 0.318. The van der Waals surface area contributed by atoms with Gasteiger partial charge in [0, 0.05) is 32.0 Å². The van der Waals surface area contributed by atoms with E-state index in [0.29, 0.717) is 12.6 Å². The monoisotopic (exact) mass is 223 g/mol. The lowest BCUT2D eigenvalue weighted by Gasteiger charge is -2.23. The molecule has 0 aromatic carbocycles. The van der Waals surface area contributed by atoms with Crippen molar-refractivity contribution in [3.63, 3.8) is 0 Å². The molecule has 1 N–H and O–H groups in total. The third-order valence-electron chi connectivity index (χ3n) is 3.06. The Bertz CT molecular complexity index is 469. The van der Waals surface area contributed by atoms with Crippen LogP contribution in [0.5, 0.6) is 0 Å². The zero-order valence-electron chi connectivity index (χ0n) is 9.48. The summed E-state index contributed by atoms with van der Waals surface area (Å²) in [7, 11) is 1.59. The topological polar surface area (TPSA) is 56.0 Å². The van der Waals surface area contributed by atoms with E-state index in [9.17, 15) is 9.59 Å². The van der Waals surface area contributed by atoms with E-state index < -0.39 is 11.1 Å². The molecule has 0 radical (unpaired) electrons. The molecule has 1 fully saturated rings. The van der Waals surface area contributed by atoms with E-state index in [0.717, 1.165) is 13.0 Å². The second-order valence-electron chi connectivity index (χ2n) is 4.32. The van der Waals surface area contributed by atoms with E-state index in [2.05, 4.69) is 5.32 Å². The zero-order chi connectivity index (χ0) is 11.5. The molecule has 5 nitrogen and oxygen atoms in total. The summed E-state index contributed by atoms with van der Waals surface area (Å²) in [6, 6.07) is 0.318. The number of hydrogen-bond donors (Lipinski definition) is 1. The van der Waals surface area contributed by atoms with Crippen LogP contribution >= 0.6 is 0 Å². The Balaban J connectivity index is 2.18. The third-order valence-corrected chi connectivity index (χ3v) is 3.06. The van der Waals surface area contributed by atoms with Crippen molar-refractivity contribution in [1.82, 2.24) is 14.5 Å². The number of nitrogens with one attached hydrogen (secondary N) is 1. The summed E-state index contributed by atoms with van der Waals surface area (Å²) in [5.41, 5.74) is -0.893. The summed E-state index contributed by atoms with van der Waals surface area (Å²) >= 11 is 0. The second-order valence-corrected chi connectivity index (χ2v) is 4.32. The first-order valence-electron chi connectivity index (χ1n) is 5.68. The van der Waals surface area contributed by atoms with Gasteiger partial charge in [-0.1, -0.05) is 6.42 Å². The first kappa shape index (κ1) is 11.1. The third kappa shape index (κ3) is 2.24. The average Bonchev–Trinajstić information content (AvgIpc) is 2.31. The maximum absolute atomic E-state index is 11.7. The van der Waals surface area contributed by atoms with Crippen molar-refractivity contribution >= 4 is 0 Å².